The second-order valence-electron chi connectivity index (χ2n) is 9.02. The normalized spacial score (nSPS) is 20.5. The van der Waals surface area contributed by atoms with Crippen LogP contribution < -0.4 is 10.5 Å². The Morgan fingerprint density at radius 1 is 1.11 bits per heavy atom. The largest absolute Gasteiger partial charge is 0.496 e. The fourth-order valence-electron chi connectivity index (χ4n) is 4.32. The van der Waals surface area contributed by atoms with Crippen molar-refractivity contribution in [1.82, 2.24) is 9.80 Å². The summed E-state index contributed by atoms with van der Waals surface area (Å²) in [4.78, 5) is 35.5. The Labute approximate surface area is 218 Å². The second kappa shape index (κ2) is 16.4. The van der Waals surface area contributed by atoms with Crippen LogP contribution in [0.2, 0.25) is 5.02 Å². The smallest absolute Gasteiger partial charge is 0.300 e. The monoisotopic (exact) mass is 529 g/mol. The van der Waals surface area contributed by atoms with Crippen LogP contribution in [0.4, 0.5) is 0 Å². The maximum atomic E-state index is 13.2. The average molecular weight is 530 g/mol. The molecule has 2 atom stereocenters. The molecule has 0 aliphatic carbocycles. The van der Waals surface area contributed by atoms with Crippen LogP contribution in [0, 0.1) is 5.92 Å². The number of hydrogen-bond acceptors (Lipinski definition) is 7. The van der Waals surface area contributed by atoms with E-state index >= 15 is 0 Å². The molecular formula is C25H40ClN3O7. The number of amides is 1. The molecule has 36 heavy (non-hydrogen) atoms. The first kappa shape index (κ1) is 31.6. The van der Waals surface area contributed by atoms with Gasteiger partial charge in [0, 0.05) is 76.4 Å². The topological polar surface area (TPSA) is 143 Å². The van der Waals surface area contributed by atoms with Crippen LogP contribution in [0.1, 0.15) is 45.1 Å². The minimum Gasteiger partial charge on any atom is -0.496 e. The quantitative estimate of drug-likeness (QED) is 0.524. The van der Waals surface area contributed by atoms with Gasteiger partial charge in [-0.3, -0.25) is 19.3 Å². The van der Waals surface area contributed by atoms with Gasteiger partial charge in [-0.15, -0.1) is 0 Å². The molecule has 0 aromatic heterocycles. The Morgan fingerprint density at radius 2 is 1.69 bits per heavy atom. The molecule has 4 N–H and O–H groups in total. The summed E-state index contributed by atoms with van der Waals surface area (Å²) in [5.74, 6) is -0.796. The number of nitrogens with two attached hydrogens (primary N) is 1. The highest BCUT2D eigenvalue weighted by Gasteiger charge is 2.33. The van der Waals surface area contributed by atoms with E-state index in [1.807, 2.05) is 19.2 Å². The number of carboxylic acid groups (broad SMARTS) is 2. The minimum atomic E-state index is -0.833. The zero-order chi connectivity index (χ0) is 27.3. The van der Waals surface area contributed by atoms with Gasteiger partial charge in [0.1, 0.15) is 5.75 Å². The van der Waals surface area contributed by atoms with Crippen LogP contribution in [0.15, 0.2) is 18.2 Å². The zero-order valence-corrected chi connectivity index (χ0v) is 22.4. The van der Waals surface area contributed by atoms with Gasteiger partial charge in [-0.1, -0.05) is 11.6 Å². The third-order valence-corrected chi connectivity index (χ3v) is 6.13. The summed E-state index contributed by atoms with van der Waals surface area (Å²) in [5.41, 5.74) is 7.23. The summed E-state index contributed by atoms with van der Waals surface area (Å²) >= 11 is 6.14. The lowest BCUT2D eigenvalue weighted by molar-refractivity contribution is -0.136. The SMILES string of the molecule is CC(=O)O.CC(=O)O.COc1ccc(Cl)cc1CN(C)C(=O)[C@@H]1CC[C@H](N)CN(C2CCOCC2)C1. The number of likely N-dealkylation sites (tertiary alicyclic amines) is 1. The maximum Gasteiger partial charge on any atom is 0.300 e. The average Bonchev–Trinajstić information content (AvgIpc) is 3.00. The molecule has 1 aromatic carbocycles. The van der Waals surface area contributed by atoms with E-state index in [1.165, 1.54) is 0 Å². The summed E-state index contributed by atoms with van der Waals surface area (Å²) in [6.07, 6.45) is 3.74. The molecule has 2 saturated heterocycles. The molecule has 2 aliphatic rings. The Bertz CT molecular complexity index is 829. The number of methoxy groups -OCH3 is 1. The van der Waals surface area contributed by atoms with Gasteiger partial charge in [0.15, 0.2) is 0 Å². The third kappa shape index (κ3) is 12.0. The zero-order valence-electron chi connectivity index (χ0n) is 21.6. The number of halogens is 1. The first-order valence-corrected chi connectivity index (χ1v) is 12.4. The number of ether oxygens (including phenoxy) is 2. The molecule has 2 aliphatic heterocycles. The Morgan fingerprint density at radius 3 is 2.25 bits per heavy atom. The van der Waals surface area contributed by atoms with Gasteiger partial charge in [-0.25, -0.2) is 0 Å². The number of hydrogen-bond donors (Lipinski definition) is 3. The molecule has 0 saturated carbocycles. The molecule has 0 spiro atoms. The van der Waals surface area contributed by atoms with Gasteiger partial charge in [0.25, 0.3) is 11.9 Å². The second-order valence-corrected chi connectivity index (χ2v) is 9.46. The lowest BCUT2D eigenvalue weighted by atomic mass is 9.99. The molecule has 2 heterocycles. The van der Waals surface area contributed by atoms with Crippen molar-refractivity contribution in [2.75, 3.05) is 40.5 Å². The maximum absolute atomic E-state index is 13.2. The van der Waals surface area contributed by atoms with Gasteiger partial charge in [-0.05, 0) is 43.9 Å². The van der Waals surface area contributed by atoms with E-state index in [0.29, 0.717) is 17.6 Å². The number of benzene rings is 1. The number of carbonyl (C=O) groups is 3. The van der Waals surface area contributed by atoms with Gasteiger partial charge in [0.2, 0.25) is 5.91 Å². The van der Waals surface area contributed by atoms with Crippen molar-refractivity contribution in [2.24, 2.45) is 11.7 Å². The van der Waals surface area contributed by atoms with Crippen LogP contribution >= 0.6 is 11.6 Å². The number of aliphatic carboxylic acids is 2. The molecule has 1 amide bonds. The van der Waals surface area contributed by atoms with Crippen LogP contribution in [-0.2, 0) is 25.7 Å². The summed E-state index contributed by atoms with van der Waals surface area (Å²) in [6.45, 7) is 5.86. The predicted molar refractivity (Wildman–Crippen MR) is 137 cm³/mol. The summed E-state index contributed by atoms with van der Waals surface area (Å²) in [7, 11) is 3.49. The van der Waals surface area contributed by atoms with Crippen molar-refractivity contribution < 1.29 is 34.1 Å². The summed E-state index contributed by atoms with van der Waals surface area (Å²) in [5, 5.41) is 15.5. The molecular weight excluding hydrogens is 490 g/mol. The highest BCUT2D eigenvalue weighted by atomic mass is 35.5. The van der Waals surface area contributed by atoms with E-state index in [1.54, 1.807) is 18.1 Å². The van der Waals surface area contributed by atoms with E-state index in [9.17, 15) is 4.79 Å². The fourth-order valence-corrected chi connectivity index (χ4v) is 4.52. The Balaban J connectivity index is 0.000000709. The molecule has 204 valence electrons. The van der Waals surface area contributed by atoms with Crippen molar-refractivity contribution in [2.45, 2.75) is 58.2 Å². The Hall–Kier alpha value is -2.40. The molecule has 0 unspecified atom stereocenters. The van der Waals surface area contributed by atoms with Gasteiger partial charge < -0.3 is 30.3 Å². The molecule has 2 fully saturated rings. The standard InChI is InChI=1S/C21H32ClN3O3.2C2H4O2/c1-24(12-16-11-17(22)4-6-20(16)27-2)21(26)15-3-5-18(23)14-25(13-15)19-7-9-28-10-8-19;2*1-2(3)4/h4,6,11,15,18-19H,3,5,7-10,12-14,23H2,1-2H3;2*1H3,(H,3,4)/t15-,18+;;/m1../s1. The molecule has 3 rings (SSSR count). The first-order chi connectivity index (χ1) is 16.9. The highest BCUT2D eigenvalue weighted by Crippen LogP contribution is 2.27. The lowest BCUT2D eigenvalue weighted by Gasteiger charge is -2.36. The van der Waals surface area contributed by atoms with E-state index in [0.717, 1.165) is 77.1 Å². The molecule has 11 heteroatoms. The predicted octanol–water partition coefficient (Wildman–Crippen LogP) is 2.71. The fraction of sp³-hybridized carbons (Fsp3) is 0.640. The first-order valence-electron chi connectivity index (χ1n) is 12.0. The van der Waals surface area contributed by atoms with Gasteiger partial charge in [-0.2, -0.15) is 0 Å². The molecule has 0 radical (unpaired) electrons. The van der Waals surface area contributed by atoms with Crippen molar-refractivity contribution in [3.8, 4) is 5.75 Å². The van der Waals surface area contributed by atoms with Crippen molar-refractivity contribution >= 4 is 29.4 Å². The van der Waals surface area contributed by atoms with E-state index < -0.39 is 11.9 Å². The Kier molecular flexibility index (Phi) is 14.4. The number of nitrogens with zero attached hydrogens (tertiary/aromatic N) is 2. The van der Waals surface area contributed by atoms with Gasteiger partial charge in [0.05, 0.1) is 13.0 Å². The van der Waals surface area contributed by atoms with E-state index in [2.05, 4.69) is 4.90 Å². The van der Waals surface area contributed by atoms with E-state index in [-0.39, 0.29) is 17.9 Å². The van der Waals surface area contributed by atoms with Crippen LogP contribution in [0.25, 0.3) is 0 Å². The third-order valence-electron chi connectivity index (χ3n) is 5.89. The number of carbonyl (C=O) groups excluding carboxylic acids is 1. The van der Waals surface area contributed by atoms with Crippen LogP contribution in [-0.4, -0.2) is 90.4 Å². The highest BCUT2D eigenvalue weighted by molar-refractivity contribution is 6.30. The summed E-state index contributed by atoms with van der Waals surface area (Å²) < 4.78 is 10.9. The number of rotatable bonds is 5. The lowest BCUT2D eigenvalue weighted by Crippen LogP contribution is -2.47. The molecule has 0 bridgehead atoms. The summed E-state index contributed by atoms with van der Waals surface area (Å²) in [6, 6.07) is 6.09. The van der Waals surface area contributed by atoms with Crippen LogP contribution in [0.5, 0.6) is 5.75 Å². The number of carboxylic acids is 2. The van der Waals surface area contributed by atoms with Crippen molar-refractivity contribution in [1.29, 1.82) is 0 Å². The molecule has 10 nitrogen and oxygen atoms in total. The van der Waals surface area contributed by atoms with E-state index in [4.69, 9.17) is 46.6 Å². The van der Waals surface area contributed by atoms with Crippen molar-refractivity contribution in [3.63, 3.8) is 0 Å². The van der Waals surface area contributed by atoms with Crippen molar-refractivity contribution in [3.05, 3.63) is 28.8 Å². The minimum absolute atomic E-state index is 0.0356. The van der Waals surface area contributed by atoms with Gasteiger partial charge >= 0.3 is 0 Å². The van der Waals surface area contributed by atoms with Crippen LogP contribution in [0.3, 0.4) is 0 Å². The molecule has 1 aromatic rings.